The SMILES string of the molecule is N#Cc1cccc(-c2nccn2-c2cccc(C(=O)Nc3cccnc3)c2)c1. The molecule has 0 saturated carbocycles. The zero-order valence-corrected chi connectivity index (χ0v) is 14.8. The number of benzene rings is 2. The summed E-state index contributed by atoms with van der Waals surface area (Å²) in [5.74, 6) is 0.477. The summed E-state index contributed by atoms with van der Waals surface area (Å²) in [6, 6.07) is 20.2. The Morgan fingerprint density at radius 2 is 1.93 bits per heavy atom. The van der Waals surface area contributed by atoms with Crippen molar-refractivity contribution in [3.8, 4) is 23.1 Å². The fourth-order valence-electron chi connectivity index (χ4n) is 2.89. The van der Waals surface area contributed by atoms with Crippen molar-refractivity contribution in [3.05, 3.63) is 96.6 Å². The van der Waals surface area contributed by atoms with Gasteiger partial charge in [-0.2, -0.15) is 5.26 Å². The third-order valence-corrected chi connectivity index (χ3v) is 4.20. The van der Waals surface area contributed by atoms with E-state index in [4.69, 9.17) is 5.26 Å². The number of hydrogen-bond acceptors (Lipinski definition) is 4. The average molecular weight is 365 g/mol. The van der Waals surface area contributed by atoms with Crippen molar-refractivity contribution in [3.63, 3.8) is 0 Å². The number of nitriles is 1. The molecule has 4 rings (SSSR count). The number of imidazole rings is 1. The molecule has 0 unspecified atom stereocenters. The topological polar surface area (TPSA) is 83.6 Å². The number of hydrogen-bond donors (Lipinski definition) is 1. The summed E-state index contributed by atoms with van der Waals surface area (Å²) in [7, 11) is 0. The summed E-state index contributed by atoms with van der Waals surface area (Å²) >= 11 is 0. The first-order valence-corrected chi connectivity index (χ1v) is 8.60. The van der Waals surface area contributed by atoms with Crippen LogP contribution in [0.25, 0.3) is 17.1 Å². The minimum Gasteiger partial charge on any atom is -0.321 e. The molecule has 0 radical (unpaired) electrons. The molecule has 134 valence electrons. The van der Waals surface area contributed by atoms with E-state index in [1.807, 2.05) is 35.0 Å². The van der Waals surface area contributed by atoms with Crippen LogP contribution in [0, 0.1) is 11.3 Å². The summed E-state index contributed by atoms with van der Waals surface area (Å²) in [5, 5.41) is 12.0. The second kappa shape index (κ2) is 7.56. The van der Waals surface area contributed by atoms with Crippen LogP contribution >= 0.6 is 0 Å². The molecular formula is C22H15N5O. The second-order valence-electron chi connectivity index (χ2n) is 6.06. The van der Waals surface area contributed by atoms with E-state index in [1.165, 1.54) is 0 Å². The van der Waals surface area contributed by atoms with Crippen LogP contribution in [0.15, 0.2) is 85.5 Å². The maximum atomic E-state index is 12.6. The molecular weight excluding hydrogens is 350 g/mol. The van der Waals surface area contributed by atoms with Crippen molar-refractivity contribution in [1.29, 1.82) is 5.26 Å². The van der Waals surface area contributed by atoms with Gasteiger partial charge in [-0.1, -0.05) is 18.2 Å². The molecule has 2 aromatic carbocycles. The van der Waals surface area contributed by atoms with Crippen LogP contribution < -0.4 is 5.32 Å². The van der Waals surface area contributed by atoms with Crippen LogP contribution in [0.5, 0.6) is 0 Å². The highest BCUT2D eigenvalue weighted by atomic mass is 16.1. The Bertz CT molecular complexity index is 1170. The number of pyridine rings is 1. The van der Waals surface area contributed by atoms with Gasteiger partial charge in [0.15, 0.2) is 0 Å². The number of carbonyl (C=O) groups is 1. The van der Waals surface area contributed by atoms with Crippen LogP contribution in [0.1, 0.15) is 15.9 Å². The summed E-state index contributed by atoms with van der Waals surface area (Å²) in [4.78, 5) is 21.0. The van der Waals surface area contributed by atoms with Crippen molar-refractivity contribution >= 4 is 11.6 Å². The molecule has 6 heteroatoms. The fraction of sp³-hybridized carbons (Fsp3) is 0. The summed E-state index contributed by atoms with van der Waals surface area (Å²) in [5.41, 5.74) is 3.35. The predicted octanol–water partition coefficient (Wildman–Crippen LogP) is 4.06. The Balaban J connectivity index is 1.67. The minimum absolute atomic E-state index is 0.219. The Morgan fingerprint density at radius 1 is 1.04 bits per heavy atom. The molecule has 0 atom stereocenters. The Hall–Kier alpha value is -4.24. The maximum Gasteiger partial charge on any atom is 0.255 e. The molecule has 2 aromatic heterocycles. The molecule has 28 heavy (non-hydrogen) atoms. The van der Waals surface area contributed by atoms with Gasteiger partial charge in [0.05, 0.1) is 23.5 Å². The number of amides is 1. The lowest BCUT2D eigenvalue weighted by Gasteiger charge is -2.10. The molecule has 1 amide bonds. The predicted molar refractivity (Wildman–Crippen MR) is 106 cm³/mol. The van der Waals surface area contributed by atoms with Gasteiger partial charge in [-0.25, -0.2) is 4.98 Å². The van der Waals surface area contributed by atoms with E-state index in [-0.39, 0.29) is 5.91 Å². The third-order valence-electron chi connectivity index (χ3n) is 4.20. The van der Waals surface area contributed by atoms with Gasteiger partial charge in [-0.3, -0.25) is 14.3 Å². The number of anilines is 1. The number of rotatable bonds is 4. The number of aromatic nitrogens is 3. The van der Waals surface area contributed by atoms with Gasteiger partial charge in [-0.15, -0.1) is 0 Å². The van der Waals surface area contributed by atoms with Gasteiger partial charge in [0.25, 0.3) is 5.91 Å². The minimum atomic E-state index is -0.219. The highest BCUT2D eigenvalue weighted by molar-refractivity contribution is 6.04. The van der Waals surface area contributed by atoms with E-state index in [0.717, 1.165) is 11.3 Å². The maximum absolute atomic E-state index is 12.6. The molecule has 1 N–H and O–H groups in total. The summed E-state index contributed by atoms with van der Waals surface area (Å²) in [6.07, 6.45) is 6.76. The van der Waals surface area contributed by atoms with E-state index in [0.29, 0.717) is 22.6 Å². The van der Waals surface area contributed by atoms with Crippen molar-refractivity contribution < 1.29 is 4.79 Å². The van der Waals surface area contributed by atoms with Crippen molar-refractivity contribution in [1.82, 2.24) is 14.5 Å². The van der Waals surface area contributed by atoms with Crippen LogP contribution in [0.3, 0.4) is 0 Å². The normalized spacial score (nSPS) is 10.2. The van der Waals surface area contributed by atoms with Gasteiger partial charge in [0.1, 0.15) is 5.82 Å². The zero-order valence-electron chi connectivity index (χ0n) is 14.8. The summed E-state index contributed by atoms with van der Waals surface area (Å²) in [6.45, 7) is 0. The van der Waals surface area contributed by atoms with Crippen molar-refractivity contribution in [2.45, 2.75) is 0 Å². The van der Waals surface area contributed by atoms with Crippen LogP contribution in [-0.2, 0) is 0 Å². The molecule has 0 aliphatic rings. The van der Waals surface area contributed by atoms with Crippen LogP contribution in [-0.4, -0.2) is 20.4 Å². The first kappa shape index (κ1) is 17.2. The van der Waals surface area contributed by atoms with Crippen LogP contribution in [0.4, 0.5) is 5.69 Å². The molecule has 0 aliphatic carbocycles. The second-order valence-corrected chi connectivity index (χ2v) is 6.06. The molecule has 0 bridgehead atoms. The highest BCUT2D eigenvalue weighted by Crippen LogP contribution is 2.23. The third kappa shape index (κ3) is 3.50. The number of nitrogens with one attached hydrogen (secondary N) is 1. The fourth-order valence-corrected chi connectivity index (χ4v) is 2.89. The van der Waals surface area contributed by atoms with Gasteiger partial charge in [-0.05, 0) is 42.5 Å². The Morgan fingerprint density at radius 3 is 2.75 bits per heavy atom. The van der Waals surface area contributed by atoms with E-state index >= 15 is 0 Å². The Labute approximate surface area is 161 Å². The molecule has 0 fully saturated rings. The van der Waals surface area contributed by atoms with Crippen LogP contribution in [0.2, 0.25) is 0 Å². The lowest BCUT2D eigenvalue weighted by atomic mass is 10.1. The molecule has 0 spiro atoms. The van der Waals surface area contributed by atoms with Gasteiger partial charge in [0, 0.05) is 35.4 Å². The van der Waals surface area contributed by atoms with Gasteiger partial charge in [0.2, 0.25) is 0 Å². The molecule has 0 aliphatic heterocycles. The van der Waals surface area contributed by atoms with Crippen molar-refractivity contribution in [2.75, 3.05) is 5.32 Å². The first-order valence-electron chi connectivity index (χ1n) is 8.60. The largest absolute Gasteiger partial charge is 0.321 e. The lowest BCUT2D eigenvalue weighted by Crippen LogP contribution is -2.12. The summed E-state index contributed by atoms with van der Waals surface area (Å²) < 4.78 is 1.89. The standard InChI is InChI=1S/C22H15N5O/c23-14-16-4-1-5-17(12-16)21-25-10-11-27(21)20-8-2-6-18(13-20)22(28)26-19-7-3-9-24-15-19/h1-13,15H,(H,26,28). The molecule has 4 aromatic rings. The lowest BCUT2D eigenvalue weighted by molar-refractivity contribution is 0.102. The molecule has 6 nitrogen and oxygen atoms in total. The molecule has 0 saturated heterocycles. The van der Waals surface area contributed by atoms with E-state index in [9.17, 15) is 4.79 Å². The number of carbonyl (C=O) groups excluding carboxylic acids is 1. The van der Waals surface area contributed by atoms with E-state index in [2.05, 4.69) is 21.4 Å². The smallest absolute Gasteiger partial charge is 0.255 e. The van der Waals surface area contributed by atoms with Crippen molar-refractivity contribution in [2.24, 2.45) is 0 Å². The average Bonchev–Trinajstić information content (AvgIpc) is 3.25. The van der Waals surface area contributed by atoms with Gasteiger partial charge >= 0.3 is 0 Å². The number of nitrogens with zero attached hydrogens (tertiary/aromatic N) is 4. The zero-order chi connectivity index (χ0) is 19.3. The quantitative estimate of drug-likeness (QED) is 0.591. The first-order chi connectivity index (χ1) is 13.7. The van der Waals surface area contributed by atoms with Gasteiger partial charge < -0.3 is 5.32 Å². The Kier molecular flexibility index (Phi) is 4.64. The monoisotopic (exact) mass is 365 g/mol. The van der Waals surface area contributed by atoms with E-state index in [1.54, 1.807) is 55.0 Å². The molecule has 2 heterocycles. The van der Waals surface area contributed by atoms with E-state index < -0.39 is 0 Å². The highest BCUT2D eigenvalue weighted by Gasteiger charge is 2.11.